The predicted molar refractivity (Wildman–Crippen MR) is 126 cm³/mol. The molecule has 0 aliphatic carbocycles. The highest BCUT2D eigenvalue weighted by atomic mass is 127. The molecule has 1 aromatic heterocycles. The Morgan fingerprint density at radius 1 is 1.14 bits per heavy atom. The highest BCUT2D eigenvalue weighted by Crippen LogP contribution is 2.12. The number of esters is 1. The van der Waals surface area contributed by atoms with E-state index in [2.05, 4.69) is 25.1 Å². The number of methoxy groups -OCH3 is 1. The van der Waals surface area contributed by atoms with Crippen LogP contribution in [0.2, 0.25) is 0 Å². The number of piperazine rings is 1. The van der Waals surface area contributed by atoms with Crippen LogP contribution in [0.1, 0.15) is 15.9 Å². The standard InChI is InChI=1S/C21H27N5O2.HI/c1-22-21(24-12-10-17-6-8-18(9-7-17)20(27)28-2)26-15-13-25(14-16-26)19-5-3-4-11-23-19;/h3-9,11H,10,12-16H2,1-2H3,(H,22,24);1H. The van der Waals surface area contributed by atoms with Gasteiger partial charge in [-0.15, -0.1) is 24.0 Å². The summed E-state index contributed by atoms with van der Waals surface area (Å²) in [6, 6.07) is 13.5. The maximum Gasteiger partial charge on any atom is 0.337 e. The highest BCUT2D eigenvalue weighted by Gasteiger charge is 2.20. The van der Waals surface area contributed by atoms with Crippen molar-refractivity contribution in [3.05, 3.63) is 59.8 Å². The van der Waals surface area contributed by atoms with Gasteiger partial charge in [0.1, 0.15) is 5.82 Å². The van der Waals surface area contributed by atoms with Gasteiger partial charge < -0.3 is 19.9 Å². The average Bonchev–Trinajstić information content (AvgIpc) is 2.77. The van der Waals surface area contributed by atoms with Gasteiger partial charge in [0.25, 0.3) is 0 Å². The molecule has 1 fully saturated rings. The van der Waals surface area contributed by atoms with Gasteiger partial charge in [0.2, 0.25) is 0 Å². The molecule has 1 saturated heterocycles. The number of rotatable bonds is 5. The monoisotopic (exact) mass is 509 g/mol. The summed E-state index contributed by atoms with van der Waals surface area (Å²) >= 11 is 0. The number of guanidine groups is 1. The number of carbonyl (C=O) groups excluding carboxylic acids is 1. The molecule has 2 aromatic rings. The molecule has 1 aliphatic heterocycles. The molecule has 0 radical (unpaired) electrons. The summed E-state index contributed by atoms with van der Waals surface area (Å²) < 4.78 is 4.73. The number of carbonyl (C=O) groups is 1. The molecule has 156 valence electrons. The van der Waals surface area contributed by atoms with Gasteiger partial charge in [0.05, 0.1) is 12.7 Å². The Morgan fingerprint density at radius 2 is 1.86 bits per heavy atom. The van der Waals surface area contributed by atoms with Crippen LogP contribution in [-0.2, 0) is 11.2 Å². The van der Waals surface area contributed by atoms with Crippen molar-refractivity contribution < 1.29 is 9.53 Å². The second kappa shape index (κ2) is 11.6. The van der Waals surface area contributed by atoms with Crippen molar-refractivity contribution in [3.8, 4) is 0 Å². The zero-order valence-corrected chi connectivity index (χ0v) is 19.2. The lowest BCUT2D eigenvalue weighted by Gasteiger charge is -2.37. The molecule has 29 heavy (non-hydrogen) atoms. The Balaban J connectivity index is 0.00000300. The van der Waals surface area contributed by atoms with E-state index in [1.165, 1.54) is 7.11 Å². The number of hydrogen-bond acceptors (Lipinski definition) is 5. The summed E-state index contributed by atoms with van der Waals surface area (Å²) in [5.74, 6) is 1.64. The van der Waals surface area contributed by atoms with Crippen LogP contribution in [0.4, 0.5) is 5.82 Å². The normalized spacial score (nSPS) is 14.2. The van der Waals surface area contributed by atoms with Gasteiger partial charge in [0, 0.05) is 46.0 Å². The Morgan fingerprint density at radius 3 is 2.45 bits per heavy atom. The number of aliphatic imine (C=N–C) groups is 1. The van der Waals surface area contributed by atoms with E-state index in [-0.39, 0.29) is 29.9 Å². The lowest BCUT2D eigenvalue weighted by atomic mass is 10.1. The molecule has 1 N–H and O–H groups in total. The van der Waals surface area contributed by atoms with Crippen LogP contribution in [0.3, 0.4) is 0 Å². The minimum atomic E-state index is -0.310. The summed E-state index contributed by atoms with van der Waals surface area (Å²) in [5, 5.41) is 3.44. The first-order valence-corrected chi connectivity index (χ1v) is 9.50. The van der Waals surface area contributed by atoms with E-state index in [1.807, 2.05) is 43.6 Å². The topological polar surface area (TPSA) is 70.1 Å². The Bertz CT molecular complexity index is 790. The second-order valence-corrected chi connectivity index (χ2v) is 6.57. The zero-order valence-electron chi connectivity index (χ0n) is 16.9. The molecule has 0 amide bonds. The Kier molecular flexibility index (Phi) is 9.17. The molecule has 0 spiro atoms. The molecule has 7 nitrogen and oxygen atoms in total. The van der Waals surface area contributed by atoms with Crippen LogP contribution in [0, 0.1) is 0 Å². The molecule has 0 bridgehead atoms. The third-order valence-electron chi connectivity index (χ3n) is 4.84. The molecule has 1 aromatic carbocycles. The van der Waals surface area contributed by atoms with E-state index in [9.17, 15) is 4.79 Å². The number of anilines is 1. The average molecular weight is 509 g/mol. The summed E-state index contributed by atoms with van der Waals surface area (Å²) in [6.07, 6.45) is 2.69. The highest BCUT2D eigenvalue weighted by molar-refractivity contribution is 14.0. The van der Waals surface area contributed by atoms with Crippen molar-refractivity contribution >= 4 is 41.7 Å². The van der Waals surface area contributed by atoms with Crippen molar-refractivity contribution in [1.29, 1.82) is 0 Å². The van der Waals surface area contributed by atoms with Crippen molar-refractivity contribution in [2.75, 3.05) is 51.8 Å². The van der Waals surface area contributed by atoms with E-state index in [0.29, 0.717) is 5.56 Å². The van der Waals surface area contributed by atoms with Crippen LogP contribution in [0.25, 0.3) is 0 Å². The first-order valence-electron chi connectivity index (χ1n) is 9.50. The van der Waals surface area contributed by atoms with Gasteiger partial charge in [-0.2, -0.15) is 0 Å². The van der Waals surface area contributed by atoms with Crippen molar-refractivity contribution in [1.82, 2.24) is 15.2 Å². The maximum absolute atomic E-state index is 11.5. The van der Waals surface area contributed by atoms with Gasteiger partial charge in [-0.3, -0.25) is 4.99 Å². The van der Waals surface area contributed by atoms with E-state index >= 15 is 0 Å². The van der Waals surface area contributed by atoms with Crippen molar-refractivity contribution in [2.45, 2.75) is 6.42 Å². The van der Waals surface area contributed by atoms with Crippen LogP contribution in [0.5, 0.6) is 0 Å². The fraction of sp³-hybridized carbons (Fsp3) is 0.381. The largest absolute Gasteiger partial charge is 0.465 e. The number of nitrogens with one attached hydrogen (secondary N) is 1. The first kappa shape index (κ1) is 22.9. The van der Waals surface area contributed by atoms with Gasteiger partial charge >= 0.3 is 5.97 Å². The number of aromatic nitrogens is 1. The third kappa shape index (κ3) is 6.31. The third-order valence-corrected chi connectivity index (χ3v) is 4.84. The summed E-state index contributed by atoms with van der Waals surface area (Å²) in [6.45, 7) is 4.44. The molecule has 2 heterocycles. The molecule has 0 saturated carbocycles. The van der Waals surface area contributed by atoms with Crippen LogP contribution >= 0.6 is 24.0 Å². The summed E-state index contributed by atoms with van der Waals surface area (Å²) in [5.41, 5.74) is 1.73. The fourth-order valence-corrected chi connectivity index (χ4v) is 3.26. The number of ether oxygens (including phenoxy) is 1. The smallest absolute Gasteiger partial charge is 0.337 e. The van der Waals surface area contributed by atoms with E-state index in [1.54, 1.807) is 12.1 Å². The lowest BCUT2D eigenvalue weighted by molar-refractivity contribution is 0.0600. The molecular formula is C21H28IN5O2. The van der Waals surface area contributed by atoms with Gasteiger partial charge in [-0.05, 0) is 36.2 Å². The van der Waals surface area contributed by atoms with Gasteiger partial charge in [-0.1, -0.05) is 18.2 Å². The fourth-order valence-electron chi connectivity index (χ4n) is 3.26. The molecule has 0 unspecified atom stereocenters. The number of halogens is 1. The van der Waals surface area contributed by atoms with Gasteiger partial charge in [-0.25, -0.2) is 9.78 Å². The van der Waals surface area contributed by atoms with Crippen molar-refractivity contribution in [2.24, 2.45) is 4.99 Å². The minimum absolute atomic E-state index is 0. The number of nitrogens with zero attached hydrogens (tertiary/aromatic N) is 4. The number of pyridine rings is 1. The van der Waals surface area contributed by atoms with E-state index in [0.717, 1.165) is 56.5 Å². The SMILES string of the molecule is CN=C(NCCc1ccc(C(=O)OC)cc1)N1CCN(c2ccccn2)CC1.I. The second-order valence-electron chi connectivity index (χ2n) is 6.57. The van der Waals surface area contributed by atoms with Crippen LogP contribution < -0.4 is 10.2 Å². The quantitative estimate of drug-likeness (QED) is 0.289. The number of hydrogen-bond donors (Lipinski definition) is 1. The molecular weight excluding hydrogens is 481 g/mol. The van der Waals surface area contributed by atoms with Crippen molar-refractivity contribution in [3.63, 3.8) is 0 Å². The van der Waals surface area contributed by atoms with E-state index < -0.39 is 0 Å². The number of benzene rings is 1. The summed E-state index contributed by atoms with van der Waals surface area (Å²) in [4.78, 5) is 24.9. The molecule has 8 heteroatoms. The molecule has 3 rings (SSSR count). The predicted octanol–water partition coefficient (Wildman–Crippen LogP) is 2.43. The lowest BCUT2D eigenvalue weighted by Crippen LogP contribution is -2.53. The first-order chi connectivity index (χ1) is 13.7. The molecule has 0 atom stereocenters. The molecule has 1 aliphatic rings. The zero-order chi connectivity index (χ0) is 19.8. The van der Waals surface area contributed by atoms with Crippen LogP contribution in [0.15, 0.2) is 53.7 Å². The van der Waals surface area contributed by atoms with E-state index in [4.69, 9.17) is 4.74 Å². The Labute approximate surface area is 189 Å². The minimum Gasteiger partial charge on any atom is -0.465 e. The van der Waals surface area contributed by atoms with Crippen LogP contribution in [-0.4, -0.2) is 68.7 Å². The maximum atomic E-state index is 11.5. The summed E-state index contributed by atoms with van der Waals surface area (Å²) in [7, 11) is 3.21. The van der Waals surface area contributed by atoms with Gasteiger partial charge in [0.15, 0.2) is 5.96 Å². The Hall–Kier alpha value is -2.36.